The Morgan fingerprint density at radius 3 is 1.73 bits per heavy atom. The van der Waals surface area contributed by atoms with Gasteiger partial charge in [0.25, 0.3) is 3.79 Å². The first kappa shape index (κ1) is 27.6. The monoisotopic (exact) mass is 560 g/mol. The average molecular weight is 562 g/mol. The van der Waals surface area contributed by atoms with E-state index >= 15 is 0 Å². The Balaban J connectivity index is 1.57. The van der Waals surface area contributed by atoms with E-state index in [2.05, 4.69) is 0 Å². The first-order valence-electron chi connectivity index (χ1n) is 11.8. The van der Waals surface area contributed by atoms with Gasteiger partial charge in [0.15, 0.2) is 0 Å². The number of ketones is 1. The zero-order chi connectivity index (χ0) is 26.1. The summed E-state index contributed by atoms with van der Waals surface area (Å²) < 4.78 is 22.3. The van der Waals surface area contributed by atoms with E-state index in [4.69, 9.17) is 53.8 Å². The fourth-order valence-electron chi connectivity index (χ4n) is 3.93. The maximum absolute atomic E-state index is 13.1. The van der Waals surface area contributed by atoms with Crippen molar-refractivity contribution >= 4 is 40.6 Å². The number of hydrogen-bond acceptors (Lipinski definition) is 5. The van der Waals surface area contributed by atoms with Crippen molar-refractivity contribution in [3.8, 4) is 0 Å². The van der Waals surface area contributed by atoms with Crippen molar-refractivity contribution in [2.45, 2.75) is 41.9 Å². The number of hydrogen-bond donors (Lipinski definition) is 0. The molecule has 0 saturated heterocycles. The molecule has 8 heteroatoms. The number of rotatable bonds is 11. The summed E-state index contributed by atoms with van der Waals surface area (Å²) in [5.41, 5.74) is 3.00. The van der Waals surface area contributed by atoms with E-state index in [-0.39, 0.29) is 25.4 Å². The maximum atomic E-state index is 13.1. The third-order valence-corrected chi connectivity index (χ3v) is 6.33. The molecule has 0 aromatic heterocycles. The highest BCUT2D eigenvalue weighted by atomic mass is 35.6. The Labute approximate surface area is 231 Å². The Bertz CT molecular complexity index is 1150. The van der Waals surface area contributed by atoms with E-state index < -0.39 is 27.9 Å². The van der Waals surface area contributed by atoms with Crippen molar-refractivity contribution in [2.24, 2.45) is 0 Å². The van der Waals surface area contributed by atoms with Crippen molar-refractivity contribution in [1.82, 2.24) is 0 Å². The van der Waals surface area contributed by atoms with Crippen LogP contribution in [0.3, 0.4) is 0 Å². The SMILES string of the molecule is O=C(C1=CO[C@H](COCc2ccccc2)[C@@H](OCc2ccccc2)[C@@H]1OCc1ccccc1)C(Cl)(Cl)Cl. The first-order chi connectivity index (χ1) is 17.9. The van der Waals surface area contributed by atoms with E-state index in [1.807, 2.05) is 91.0 Å². The molecule has 1 aliphatic rings. The highest BCUT2D eigenvalue weighted by molar-refractivity contribution is 6.77. The van der Waals surface area contributed by atoms with Crippen molar-refractivity contribution < 1.29 is 23.7 Å². The smallest absolute Gasteiger partial charge is 0.253 e. The summed E-state index contributed by atoms with van der Waals surface area (Å²) in [7, 11) is 0. The van der Waals surface area contributed by atoms with Crippen molar-refractivity contribution in [3.63, 3.8) is 0 Å². The van der Waals surface area contributed by atoms with Gasteiger partial charge in [0.05, 0.1) is 38.3 Å². The van der Waals surface area contributed by atoms with Gasteiger partial charge in [-0.25, -0.2) is 0 Å². The summed E-state index contributed by atoms with van der Waals surface area (Å²) in [5, 5.41) is 0. The molecule has 0 N–H and O–H groups in total. The third kappa shape index (κ3) is 8.05. The van der Waals surface area contributed by atoms with Gasteiger partial charge in [0.1, 0.15) is 18.3 Å². The van der Waals surface area contributed by atoms with Crippen molar-refractivity contribution in [3.05, 3.63) is 120 Å². The van der Waals surface area contributed by atoms with Gasteiger partial charge in [-0.3, -0.25) is 4.79 Å². The predicted octanol–water partition coefficient (Wildman–Crippen LogP) is 6.60. The van der Waals surface area contributed by atoms with Crippen LogP contribution in [0, 0.1) is 0 Å². The molecule has 0 radical (unpaired) electrons. The Hall–Kier alpha value is -2.38. The number of Topliss-reactive ketones (excluding diaryl/α,β-unsaturated/α-hetero) is 1. The number of halogens is 3. The fourth-order valence-corrected chi connectivity index (χ4v) is 4.26. The van der Waals surface area contributed by atoms with Crippen LogP contribution in [-0.2, 0) is 43.6 Å². The standard InChI is InChI=1S/C29H27Cl3O5/c30-29(31,32)28(33)24-19-35-25(20-34-16-21-10-4-1-5-11-21)27(37-18-23-14-8-3-9-15-23)26(24)36-17-22-12-6-2-7-13-22/h1-15,19,25-27H,16-18,20H2/t25-,26-,27-/m1/s1. The lowest BCUT2D eigenvalue weighted by Crippen LogP contribution is -2.50. The molecule has 0 aliphatic carbocycles. The first-order valence-corrected chi connectivity index (χ1v) is 12.9. The van der Waals surface area contributed by atoms with E-state index in [0.717, 1.165) is 16.7 Å². The topological polar surface area (TPSA) is 54.0 Å². The summed E-state index contributed by atoms with van der Waals surface area (Å²) in [6.07, 6.45) is -0.832. The summed E-state index contributed by atoms with van der Waals surface area (Å²) >= 11 is 17.9. The molecule has 0 bridgehead atoms. The van der Waals surface area contributed by atoms with Crippen LogP contribution in [0.15, 0.2) is 103 Å². The van der Waals surface area contributed by atoms with Crippen LogP contribution in [0.2, 0.25) is 0 Å². The fraction of sp³-hybridized carbons (Fsp3) is 0.276. The molecule has 4 rings (SSSR count). The normalized spacial score (nSPS) is 19.6. The quantitative estimate of drug-likeness (QED) is 0.247. The molecule has 0 spiro atoms. The lowest BCUT2D eigenvalue weighted by Gasteiger charge is -2.38. The highest BCUT2D eigenvalue weighted by Crippen LogP contribution is 2.36. The minimum Gasteiger partial charge on any atom is -0.492 e. The van der Waals surface area contributed by atoms with Crippen LogP contribution >= 0.6 is 34.8 Å². The molecule has 0 unspecified atom stereocenters. The molecule has 3 aromatic rings. The van der Waals surface area contributed by atoms with Gasteiger partial charge < -0.3 is 18.9 Å². The average Bonchev–Trinajstić information content (AvgIpc) is 2.92. The second-order valence-electron chi connectivity index (χ2n) is 8.55. The zero-order valence-corrected chi connectivity index (χ0v) is 22.2. The molecule has 3 atom stereocenters. The molecule has 1 aliphatic heterocycles. The lowest BCUT2D eigenvalue weighted by molar-refractivity contribution is -0.155. The van der Waals surface area contributed by atoms with E-state index in [1.54, 1.807) is 0 Å². The predicted molar refractivity (Wildman–Crippen MR) is 144 cm³/mol. The van der Waals surface area contributed by atoms with E-state index in [0.29, 0.717) is 6.61 Å². The van der Waals surface area contributed by atoms with Crippen LogP contribution in [0.5, 0.6) is 0 Å². The molecular weight excluding hydrogens is 535 g/mol. The number of carbonyl (C=O) groups is 1. The zero-order valence-electron chi connectivity index (χ0n) is 20.0. The van der Waals surface area contributed by atoms with Gasteiger partial charge in [0.2, 0.25) is 5.78 Å². The van der Waals surface area contributed by atoms with Gasteiger partial charge in [-0.15, -0.1) is 0 Å². The molecule has 0 amide bonds. The number of ether oxygens (including phenoxy) is 4. The van der Waals surface area contributed by atoms with Crippen molar-refractivity contribution in [2.75, 3.05) is 6.61 Å². The lowest BCUT2D eigenvalue weighted by atomic mass is 9.95. The molecule has 3 aromatic carbocycles. The summed E-state index contributed by atoms with van der Waals surface area (Å²) in [5.74, 6) is -0.729. The van der Waals surface area contributed by atoms with E-state index in [9.17, 15) is 4.79 Å². The second kappa shape index (κ2) is 13.4. The Kier molecular flexibility index (Phi) is 10.0. The molecule has 37 heavy (non-hydrogen) atoms. The molecule has 194 valence electrons. The summed E-state index contributed by atoms with van der Waals surface area (Å²) in [6.45, 7) is 1.08. The largest absolute Gasteiger partial charge is 0.492 e. The highest BCUT2D eigenvalue weighted by Gasteiger charge is 2.46. The van der Waals surface area contributed by atoms with Crippen molar-refractivity contribution in [1.29, 1.82) is 0 Å². The summed E-state index contributed by atoms with van der Waals surface area (Å²) in [4.78, 5) is 13.1. The van der Waals surface area contributed by atoms with Gasteiger partial charge in [0, 0.05) is 0 Å². The van der Waals surface area contributed by atoms with E-state index in [1.165, 1.54) is 6.26 Å². The molecule has 0 saturated carbocycles. The molecule has 1 heterocycles. The van der Waals surface area contributed by atoms with Crippen LogP contribution in [0.25, 0.3) is 0 Å². The number of carbonyl (C=O) groups excluding carboxylic acids is 1. The molecule has 0 fully saturated rings. The molecular formula is C29H27Cl3O5. The van der Waals surface area contributed by atoms with Gasteiger partial charge >= 0.3 is 0 Å². The van der Waals surface area contributed by atoms with Crippen LogP contribution in [-0.4, -0.2) is 34.5 Å². The number of benzene rings is 3. The third-order valence-electron chi connectivity index (χ3n) is 5.81. The second-order valence-corrected chi connectivity index (χ2v) is 10.8. The minimum absolute atomic E-state index is 0.0910. The maximum Gasteiger partial charge on any atom is 0.253 e. The van der Waals surface area contributed by atoms with Crippen LogP contribution in [0.4, 0.5) is 0 Å². The summed E-state index contributed by atoms with van der Waals surface area (Å²) in [6, 6.07) is 29.1. The minimum atomic E-state index is -2.18. The van der Waals surface area contributed by atoms with Crippen LogP contribution < -0.4 is 0 Å². The van der Waals surface area contributed by atoms with Gasteiger partial charge in [-0.05, 0) is 16.7 Å². The Morgan fingerprint density at radius 2 is 1.22 bits per heavy atom. The van der Waals surface area contributed by atoms with Gasteiger partial charge in [-0.2, -0.15) is 0 Å². The number of alkyl halides is 3. The Morgan fingerprint density at radius 1 is 0.730 bits per heavy atom. The molecule has 5 nitrogen and oxygen atoms in total. The van der Waals surface area contributed by atoms with Gasteiger partial charge in [-0.1, -0.05) is 126 Å². The van der Waals surface area contributed by atoms with Crippen LogP contribution in [0.1, 0.15) is 16.7 Å².